The number of hydrogen-bond donors (Lipinski definition) is 1. The molecule has 0 amide bonds. The number of nitrogens with zero attached hydrogens (tertiary/aromatic N) is 4. The first-order chi connectivity index (χ1) is 15.8. The van der Waals surface area contributed by atoms with Gasteiger partial charge in [0.05, 0.1) is 32.5 Å². The molecule has 1 heterocycles. The second-order valence-corrected chi connectivity index (χ2v) is 7.83. The molecule has 1 N–H and O–H groups in total. The van der Waals surface area contributed by atoms with Crippen molar-refractivity contribution in [2.45, 2.75) is 13.3 Å². The van der Waals surface area contributed by atoms with Gasteiger partial charge in [0.1, 0.15) is 11.2 Å². The molecule has 33 heavy (non-hydrogen) atoms. The summed E-state index contributed by atoms with van der Waals surface area (Å²) in [5, 5.41) is 0.314. The average molecular weight is 454 g/mol. The van der Waals surface area contributed by atoms with Crippen molar-refractivity contribution in [3.63, 3.8) is 0 Å². The number of H-pyrrole nitrogens is 1. The fourth-order valence-electron chi connectivity index (χ4n) is 3.42. The predicted molar refractivity (Wildman–Crippen MR) is 132 cm³/mol. The monoisotopic (exact) mass is 453 g/mol. The third-order valence-corrected chi connectivity index (χ3v) is 5.44. The van der Waals surface area contributed by atoms with Crippen LogP contribution in [0.5, 0.6) is 17.2 Å². The number of fused-ring (bicyclic) bond motifs is 1. The summed E-state index contributed by atoms with van der Waals surface area (Å²) in [6, 6.07) is 9.83. The summed E-state index contributed by atoms with van der Waals surface area (Å²) in [5.41, 5.74) is 2.21. The minimum Gasteiger partial charge on any atom is -0.493 e. The van der Waals surface area contributed by atoms with Crippen LogP contribution in [0.1, 0.15) is 12.5 Å². The molecule has 0 spiro atoms. The number of benzene rings is 2. The third kappa shape index (κ3) is 5.19. The van der Waals surface area contributed by atoms with Crippen molar-refractivity contribution in [3.8, 4) is 17.2 Å². The lowest BCUT2D eigenvalue weighted by molar-refractivity contribution is 0.327. The average Bonchev–Trinajstić information content (AvgIpc) is 2.81. The number of likely N-dealkylation sites (N-methyl/N-ethyl adjacent to an activating group) is 1. The Balaban J connectivity index is 1.87. The molecule has 2 aromatic carbocycles. The van der Waals surface area contributed by atoms with Crippen LogP contribution in [0.3, 0.4) is 0 Å². The Morgan fingerprint density at radius 3 is 2.42 bits per heavy atom. The van der Waals surface area contributed by atoms with Crippen LogP contribution < -0.4 is 24.7 Å². The molecule has 0 fully saturated rings. The van der Waals surface area contributed by atoms with Gasteiger partial charge < -0.3 is 29.0 Å². The molecule has 3 rings (SSSR count). The summed E-state index contributed by atoms with van der Waals surface area (Å²) in [6.45, 7) is 2.63. The van der Waals surface area contributed by atoms with E-state index >= 15 is 0 Å². The lowest BCUT2D eigenvalue weighted by Gasteiger charge is -2.19. The molecule has 0 saturated heterocycles. The molecule has 0 unspecified atom stereocenters. The second-order valence-electron chi connectivity index (χ2n) is 7.83. The normalized spacial score (nSPS) is 11.4. The van der Waals surface area contributed by atoms with Crippen LogP contribution in [0.4, 0.5) is 11.6 Å². The van der Waals surface area contributed by atoms with Crippen molar-refractivity contribution in [1.29, 1.82) is 0 Å². The first-order valence-electron chi connectivity index (χ1n) is 10.5. The highest BCUT2D eigenvalue weighted by Gasteiger charge is 2.20. The standard InChI is InChI=1S/C24H31N5O4/c1-15(28(2)3)25-17-10-8-9-16(13-17)11-12-29(4)24-26-18-14-19(31-5)21(32-6)22(33-7)20(18)23(30)27-24/h8-10,13-14H,11-12H2,1-7H3,(H,26,27,30)/b25-15+. The molecule has 9 heteroatoms. The van der Waals surface area contributed by atoms with E-state index in [4.69, 9.17) is 14.2 Å². The van der Waals surface area contributed by atoms with E-state index < -0.39 is 5.56 Å². The summed E-state index contributed by atoms with van der Waals surface area (Å²) in [5.74, 6) is 2.50. The number of rotatable bonds is 8. The Morgan fingerprint density at radius 2 is 1.79 bits per heavy atom. The Bertz CT molecular complexity index is 1220. The second kappa shape index (κ2) is 10.2. The number of hydrogen-bond acceptors (Lipinski definition) is 7. The maximum atomic E-state index is 12.9. The van der Waals surface area contributed by atoms with E-state index in [9.17, 15) is 4.79 Å². The number of aromatic nitrogens is 2. The molecule has 0 bridgehead atoms. The zero-order valence-electron chi connectivity index (χ0n) is 20.2. The molecule has 0 aliphatic heterocycles. The molecular weight excluding hydrogens is 422 g/mol. The van der Waals surface area contributed by atoms with E-state index in [1.807, 2.05) is 50.0 Å². The van der Waals surface area contributed by atoms with Gasteiger partial charge in [-0.05, 0) is 31.0 Å². The molecule has 176 valence electrons. The van der Waals surface area contributed by atoms with Crippen molar-refractivity contribution in [1.82, 2.24) is 14.9 Å². The van der Waals surface area contributed by atoms with Gasteiger partial charge in [0.25, 0.3) is 5.56 Å². The molecule has 1 aromatic heterocycles. The maximum Gasteiger partial charge on any atom is 0.286 e. The van der Waals surface area contributed by atoms with Gasteiger partial charge in [0.15, 0.2) is 11.5 Å². The minimum absolute atomic E-state index is 0.292. The Hall–Kier alpha value is -3.75. The molecule has 9 nitrogen and oxygen atoms in total. The van der Waals surface area contributed by atoms with Crippen LogP contribution in [0.25, 0.3) is 10.9 Å². The summed E-state index contributed by atoms with van der Waals surface area (Å²) in [6.07, 6.45) is 0.762. The van der Waals surface area contributed by atoms with Crippen molar-refractivity contribution in [2.75, 3.05) is 53.9 Å². The van der Waals surface area contributed by atoms with Crippen LogP contribution in [0, 0.1) is 0 Å². The van der Waals surface area contributed by atoms with Gasteiger partial charge >= 0.3 is 0 Å². The van der Waals surface area contributed by atoms with Crippen LogP contribution >= 0.6 is 0 Å². The maximum absolute atomic E-state index is 12.9. The minimum atomic E-state index is -0.404. The number of nitrogens with one attached hydrogen (secondary N) is 1. The van der Waals surface area contributed by atoms with Crippen LogP contribution in [0.2, 0.25) is 0 Å². The third-order valence-electron chi connectivity index (χ3n) is 5.44. The van der Waals surface area contributed by atoms with Gasteiger partial charge in [-0.2, -0.15) is 4.98 Å². The molecule has 0 saturated carbocycles. The number of anilines is 1. The van der Waals surface area contributed by atoms with Crippen molar-refractivity contribution >= 4 is 28.4 Å². The number of aromatic amines is 1. The Kier molecular flexibility index (Phi) is 7.42. The van der Waals surface area contributed by atoms with E-state index in [0.29, 0.717) is 40.6 Å². The van der Waals surface area contributed by atoms with E-state index in [1.54, 1.807) is 6.07 Å². The molecule has 0 aliphatic rings. The van der Waals surface area contributed by atoms with E-state index in [2.05, 4.69) is 27.1 Å². The van der Waals surface area contributed by atoms with Crippen molar-refractivity contribution < 1.29 is 14.2 Å². The fourth-order valence-corrected chi connectivity index (χ4v) is 3.42. The summed E-state index contributed by atoms with van der Waals surface area (Å²) in [7, 11) is 10.3. The van der Waals surface area contributed by atoms with E-state index in [1.165, 1.54) is 21.3 Å². The Labute approximate surface area is 193 Å². The zero-order chi connectivity index (χ0) is 24.1. The number of ether oxygens (including phenoxy) is 3. The fraction of sp³-hybridized carbons (Fsp3) is 0.375. The highest BCUT2D eigenvalue weighted by Crippen LogP contribution is 2.41. The number of methoxy groups -OCH3 is 3. The molecule has 0 radical (unpaired) electrons. The first kappa shape index (κ1) is 23.9. The SMILES string of the molecule is COc1cc2[nH]c(N(C)CCc3cccc(/N=C(\C)N(C)C)c3)nc(=O)c2c(OC)c1OC. The van der Waals surface area contributed by atoms with Gasteiger partial charge in [-0.15, -0.1) is 0 Å². The first-order valence-corrected chi connectivity index (χ1v) is 10.5. The molecule has 3 aromatic rings. The topological polar surface area (TPSA) is 92.3 Å². The molecule has 0 aliphatic carbocycles. The Morgan fingerprint density at radius 1 is 1.06 bits per heavy atom. The smallest absolute Gasteiger partial charge is 0.286 e. The van der Waals surface area contributed by atoms with Gasteiger partial charge in [-0.25, -0.2) is 4.99 Å². The lowest BCUT2D eigenvalue weighted by Crippen LogP contribution is -2.25. The summed E-state index contributed by atoms with van der Waals surface area (Å²) >= 11 is 0. The number of amidine groups is 1. The summed E-state index contributed by atoms with van der Waals surface area (Å²) < 4.78 is 16.2. The van der Waals surface area contributed by atoms with Crippen LogP contribution in [0.15, 0.2) is 40.1 Å². The highest BCUT2D eigenvalue weighted by atomic mass is 16.5. The van der Waals surface area contributed by atoms with Crippen LogP contribution in [-0.4, -0.2) is 69.7 Å². The van der Waals surface area contributed by atoms with Crippen LogP contribution in [-0.2, 0) is 6.42 Å². The van der Waals surface area contributed by atoms with Crippen molar-refractivity contribution in [2.24, 2.45) is 4.99 Å². The van der Waals surface area contributed by atoms with Gasteiger partial charge in [-0.3, -0.25) is 4.79 Å². The van der Waals surface area contributed by atoms with E-state index in [0.717, 1.165) is 23.5 Å². The number of aliphatic imine (C=N–C) groups is 1. The molecular formula is C24H31N5O4. The van der Waals surface area contributed by atoms with Gasteiger partial charge in [-0.1, -0.05) is 12.1 Å². The highest BCUT2D eigenvalue weighted by molar-refractivity contribution is 5.90. The summed E-state index contributed by atoms with van der Waals surface area (Å²) in [4.78, 5) is 28.9. The van der Waals surface area contributed by atoms with E-state index in [-0.39, 0.29) is 0 Å². The largest absolute Gasteiger partial charge is 0.493 e. The molecule has 0 atom stereocenters. The van der Waals surface area contributed by atoms with Gasteiger partial charge in [0.2, 0.25) is 11.7 Å². The van der Waals surface area contributed by atoms with Crippen molar-refractivity contribution in [3.05, 3.63) is 46.2 Å². The lowest BCUT2D eigenvalue weighted by atomic mass is 10.1. The predicted octanol–water partition coefficient (Wildman–Crippen LogP) is 3.24. The zero-order valence-corrected chi connectivity index (χ0v) is 20.2. The quantitative estimate of drug-likeness (QED) is 0.413. The van der Waals surface area contributed by atoms with Gasteiger partial charge in [0, 0.05) is 33.8 Å².